The number of carbonyl (C=O) groups excluding carboxylic acids is 1. The van der Waals surface area contributed by atoms with Crippen molar-refractivity contribution in [3.63, 3.8) is 0 Å². The van der Waals surface area contributed by atoms with Crippen LogP contribution in [-0.2, 0) is 17.8 Å². The zero-order valence-corrected chi connectivity index (χ0v) is 15.6. The molecule has 2 rings (SSSR count). The van der Waals surface area contributed by atoms with Gasteiger partial charge < -0.3 is 9.47 Å². The molecule has 0 aliphatic rings. The maximum absolute atomic E-state index is 13.4. The van der Waals surface area contributed by atoms with Gasteiger partial charge in [-0.25, -0.2) is 8.78 Å². The molecule has 0 saturated carbocycles. The number of carbonyl (C=O) groups is 1. The molecule has 140 valence electrons. The van der Waals surface area contributed by atoms with Crippen molar-refractivity contribution in [2.75, 3.05) is 0 Å². The molecule has 0 fully saturated rings. The van der Waals surface area contributed by atoms with Gasteiger partial charge in [0.2, 0.25) is 0 Å². The second-order valence-corrected chi connectivity index (χ2v) is 6.14. The number of esters is 1. The molecule has 3 nitrogen and oxygen atoms in total. The van der Waals surface area contributed by atoms with Crippen molar-refractivity contribution in [2.24, 2.45) is 0 Å². The Balaban J connectivity index is 2.35. The fourth-order valence-corrected chi connectivity index (χ4v) is 2.65. The Hall–Kier alpha value is -2.43. The summed E-state index contributed by atoms with van der Waals surface area (Å²) in [5.41, 5.74) is 3.20. The molecule has 2 aromatic rings. The highest BCUT2D eigenvalue weighted by Gasteiger charge is 2.18. The molecule has 5 heteroatoms. The Morgan fingerprint density at radius 3 is 2.38 bits per heavy atom. The number of hydrogen-bond donors (Lipinski definition) is 0. The van der Waals surface area contributed by atoms with Crippen LogP contribution in [-0.4, -0.2) is 5.97 Å². The molecule has 0 aliphatic heterocycles. The molecule has 0 amide bonds. The predicted molar refractivity (Wildman–Crippen MR) is 97.0 cm³/mol. The Morgan fingerprint density at radius 1 is 1.08 bits per heavy atom. The molecule has 0 atom stereocenters. The van der Waals surface area contributed by atoms with Gasteiger partial charge in [-0.15, -0.1) is 0 Å². The quantitative estimate of drug-likeness (QED) is 0.468. The van der Waals surface area contributed by atoms with Crippen LogP contribution in [0.15, 0.2) is 30.3 Å². The molecular formula is C21H24F2O3. The van der Waals surface area contributed by atoms with Gasteiger partial charge in [-0.2, -0.15) is 0 Å². The Kier molecular flexibility index (Phi) is 6.72. The van der Waals surface area contributed by atoms with Crippen molar-refractivity contribution in [2.45, 2.75) is 53.6 Å². The maximum Gasteiger partial charge on any atom is 0.310 e. The summed E-state index contributed by atoms with van der Waals surface area (Å²) in [6, 6.07) is 8.50. The van der Waals surface area contributed by atoms with Crippen molar-refractivity contribution in [1.29, 1.82) is 0 Å². The number of ether oxygens (including phenoxy) is 2. The van der Waals surface area contributed by atoms with Crippen LogP contribution in [0.2, 0.25) is 0 Å². The Bertz CT molecular complexity index is 785. The van der Waals surface area contributed by atoms with Crippen molar-refractivity contribution in [1.82, 2.24) is 0 Å². The van der Waals surface area contributed by atoms with E-state index in [1.807, 2.05) is 19.9 Å². The first-order valence-electron chi connectivity index (χ1n) is 8.70. The first kappa shape index (κ1) is 19.9. The summed E-state index contributed by atoms with van der Waals surface area (Å²) < 4.78 is 37.8. The average molecular weight is 362 g/mol. The van der Waals surface area contributed by atoms with Crippen molar-refractivity contribution in [3.05, 3.63) is 58.1 Å². The van der Waals surface area contributed by atoms with Gasteiger partial charge >= 0.3 is 5.97 Å². The van der Waals surface area contributed by atoms with Gasteiger partial charge in [-0.05, 0) is 55.2 Å². The van der Waals surface area contributed by atoms with E-state index in [4.69, 9.17) is 9.47 Å². The van der Waals surface area contributed by atoms with Gasteiger partial charge in [0.05, 0.1) is 5.56 Å². The molecule has 0 aromatic heterocycles. The first-order valence-corrected chi connectivity index (χ1v) is 8.70. The highest BCUT2D eigenvalue weighted by molar-refractivity contribution is 5.72. The minimum Gasteiger partial charge on any atom is -0.488 e. The molecular weight excluding hydrogens is 338 g/mol. The standard InChI is InChI=1S/C21H24F2O3/c1-5-15-8-7-9-18(26-20(24)6-2)17(15)12-25-19-11-14(4)13(3)10-16(19)21(22)23/h7-11,21H,5-6,12H2,1-4H3. The van der Waals surface area contributed by atoms with Gasteiger partial charge in [-0.1, -0.05) is 26.0 Å². The first-order chi connectivity index (χ1) is 12.4. The van der Waals surface area contributed by atoms with Crippen LogP contribution in [0, 0.1) is 13.8 Å². The number of halogens is 2. The molecule has 0 radical (unpaired) electrons. The fraction of sp³-hybridized carbons (Fsp3) is 0.381. The number of rotatable bonds is 7. The number of benzene rings is 2. The molecule has 26 heavy (non-hydrogen) atoms. The van der Waals surface area contributed by atoms with E-state index in [9.17, 15) is 13.6 Å². The highest BCUT2D eigenvalue weighted by atomic mass is 19.3. The molecule has 0 bridgehead atoms. The number of hydrogen-bond acceptors (Lipinski definition) is 3. The minimum atomic E-state index is -2.62. The summed E-state index contributed by atoms with van der Waals surface area (Å²) in [4.78, 5) is 11.7. The maximum atomic E-state index is 13.4. The van der Waals surface area contributed by atoms with Crippen LogP contribution in [0.4, 0.5) is 8.78 Å². The van der Waals surface area contributed by atoms with Crippen molar-refractivity contribution in [3.8, 4) is 11.5 Å². The van der Waals surface area contributed by atoms with Crippen LogP contribution in [0.3, 0.4) is 0 Å². The Morgan fingerprint density at radius 2 is 1.77 bits per heavy atom. The summed E-state index contributed by atoms with van der Waals surface area (Å²) >= 11 is 0. The van der Waals surface area contributed by atoms with E-state index in [0.717, 1.165) is 16.7 Å². The summed E-state index contributed by atoms with van der Waals surface area (Å²) in [7, 11) is 0. The van der Waals surface area contributed by atoms with Gasteiger partial charge in [0.25, 0.3) is 6.43 Å². The summed E-state index contributed by atoms with van der Waals surface area (Å²) in [5.74, 6) is 0.222. The molecule has 0 unspecified atom stereocenters. The second-order valence-electron chi connectivity index (χ2n) is 6.14. The third-order valence-corrected chi connectivity index (χ3v) is 4.36. The number of alkyl halides is 2. The molecule has 0 heterocycles. The fourth-order valence-electron chi connectivity index (χ4n) is 2.65. The van der Waals surface area contributed by atoms with E-state index in [1.54, 1.807) is 32.0 Å². The van der Waals surface area contributed by atoms with E-state index >= 15 is 0 Å². The zero-order chi connectivity index (χ0) is 19.3. The van der Waals surface area contributed by atoms with Crippen molar-refractivity contribution < 1.29 is 23.0 Å². The molecule has 0 N–H and O–H groups in total. The third-order valence-electron chi connectivity index (χ3n) is 4.36. The molecule has 0 aliphatic carbocycles. The topological polar surface area (TPSA) is 35.5 Å². The summed E-state index contributed by atoms with van der Waals surface area (Å²) in [6.07, 6.45) is -1.66. The summed E-state index contributed by atoms with van der Waals surface area (Å²) in [6.45, 7) is 7.39. The predicted octanol–water partition coefficient (Wildman–Crippen LogP) is 5.70. The molecule has 0 spiro atoms. The van der Waals surface area contributed by atoms with E-state index in [1.165, 1.54) is 6.07 Å². The largest absolute Gasteiger partial charge is 0.488 e. The lowest BCUT2D eigenvalue weighted by atomic mass is 10.0. The second kappa shape index (κ2) is 8.79. The lowest BCUT2D eigenvalue weighted by Crippen LogP contribution is -2.10. The van der Waals surface area contributed by atoms with Crippen LogP contribution in [0.5, 0.6) is 11.5 Å². The van der Waals surface area contributed by atoms with Crippen LogP contribution in [0.1, 0.15) is 54.5 Å². The van der Waals surface area contributed by atoms with E-state index in [0.29, 0.717) is 17.7 Å². The van der Waals surface area contributed by atoms with Crippen molar-refractivity contribution >= 4 is 5.97 Å². The molecule has 0 saturated heterocycles. The van der Waals surface area contributed by atoms with Gasteiger partial charge in [0, 0.05) is 12.0 Å². The SMILES string of the molecule is CCC(=O)Oc1cccc(CC)c1COc1cc(C)c(C)cc1C(F)F. The lowest BCUT2D eigenvalue weighted by molar-refractivity contribution is -0.134. The van der Waals surface area contributed by atoms with Crippen LogP contribution in [0.25, 0.3) is 0 Å². The Labute approximate surface area is 152 Å². The lowest BCUT2D eigenvalue weighted by Gasteiger charge is -2.17. The van der Waals surface area contributed by atoms with E-state index in [-0.39, 0.29) is 30.3 Å². The van der Waals surface area contributed by atoms with Gasteiger partial charge in [0.1, 0.15) is 18.1 Å². The van der Waals surface area contributed by atoms with Gasteiger partial charge in [0.15, 0.2) is 0 Å². The van der Waals surface area contributed by atoms with E-state index in [2.05, 4.69) is 0 Å². The van der Waals surface area contributed by atoms with Gasteiger partial charge in [-0.3, -0.25) is 4.79 Å². The third kappa shape index (κ3) is 4.59. The highest BCUT2D eigenvalue weighted by Crippen LogP contribution is 2.33. The number of aryl methyl sites for hydroxylation is 3. The molecule has 2 aromatic carbocycles. The minimum absolute atomic E-state index is 0.0541. The summed E-state index contributed by atoms with van der Waals surface area (Å²) in [5, 5.41) is 0. The zero-order valence-electron chi connectivity index (χ0n) is 15.6. The average Bonchev–Trinajstić information content (AvgIpc) is 2.62. The van der Waals surface area contributed by atoms with E-state index < -0.39 is 6.43 Å². The smallest absolute Gasteiger partial charge is 0.310 e. The van der Waals surface area contributed by atoms with Crippen LogP contribution < -0.4 is 9.47 Å². The van der Waals surface area contributed by atoms with Crippen LogP contribution >= 0.6 is 0 Å². The monoisotopic (exact) mass is 362 g/mol. The normalized spacial score (nSPS) is 10.9.